The fraction of sp³-hybridized carbons (Fsp3) is 0.0588. The Hall–Kier alpha value is -3.28. The van der Waals surface area contributed by atoms with E-state index < -0.39 is 11.2 Å². The molecule has 2 aromatic carbocycles. The van der Waals surface area contributed by atoms with Crippen molar-refractivity contribution < 1.29 is 24.2 Å². The third kappa shape index (κ3) is 2.30. The molecule has 0 bridgehead atoms. The number of carbonyl (C=O) groups is 1. The minimum atomic E-state index is -0.640. The van der Waals surface area contributed by atoms with Gasteiger partial charge in [-0.15, -0.1) is 0 Å². The predicted octanol–water partition coefficient (Wildman–Crippen LogP) is 2.69. The van der Waals surface area contributed by atoms with E-state index in [0.717, 1.165) is 0 Å². The second-order valence-electron chi connectivity index (χ2n) is 4.84. The molecule has 0 aliphatic heterocycles. The van der Waals surface area contributed by atoms with Gasteiger partial charge in [0.1, 0.15) is 6.29 Å². The van der Waals surface area contributed by atoms with Gasteiger partial charge in [0.15, 0.2) is 17.1 Å². The number of phenolic OH excluding ortho intramolecular Hbond substituents is 1. The molecule has 116 valence electrons. The number of hydrogen-bond acceptors (Lipinski definition) is 6. The molecule has 3 aromatic rings. The van der Waals surface area contributed by atoms with Crippen LogP contribution in [-0.4, -0.2) is 23.6 Å². The SMILES string of the molecule is COc1c(O)ccc2c(=O)c(O)c(-c3ccc(C=O)cc3)oc12. The van der Waals surface area contributed by atoms with Gasteiger partial charge in [0, 0.05) is 11.1 Å². The largest absolute Gasteiger partial charge is 0.504 e. The molecule has 6 nitrogen and oxygen atoms in total. The summed E-state index contributed by atoms with van der Waals surface area (Å²) in [6.45, 7) is 0. The lowest BCUT2D eigenvalue weighted by Gasteiger charge is -2.10. The summed E-state index contributed by atoms with van der Waals surface area (Å²) in [5, 5.41) is 20.0. The van der Waals surface area contributed by atoms with E-state index in [1.54, 1.807) is 12.1 Å². The van der Waals surface area contributed by atoms with E-state index in [1.807, 2.05) is 0 Å². The molecule has 0 radical (unpaired) electrons. The summed E-state index contributed by atoms with van der Waals surface area (Å²) < 4.78 is 10.7. The van der Waals surface area contributed by atoms with Crippen LogP contribution in [0.3, 0.4) is 0 Å². The van der Waals surface area contributed by atoms with Gasteiger partial charge >= 0.3 is 0 Å². The van der Waals surface area contributed by atoms with Gasteiger partial charge in [-0.1, -0.05) is 24.3 Å². The highest BCUT2D eigenvalue weighted by atomic mass is 16.5. The van der Waals surface area contributed by atoms with Crippen LogP contribution in [0.15, 0.2) is 45.6 Å². The zero-order chi connectivity index (χ0) is 16.6. The summed E-state index contributed by atoms with van der Waals surface area (Å²) in [7, 11) is 1.33. The Morgan fingerprint density at radius 2 is 1.78 bits per heavy atom. The Balaban J connectivity index is 2.34. The molecule has 6 heteroatoms. The number of methoxy groups -OCH3 is 1. The van der Waals surface area contributed by atoms with Crippen molar-refractivity contribution in [3.63, 3.8) is 0 Å². The maximum absolute atomic E-state index is 12.3. The number of hydrogen-bond donors (Lipinski definition) is 2. The van der Waals surface area contributed by atoms with Gasteiger partial charge in [0.05, 0.1) is 12.5 Å². The fourth-order valence-electron chi connectivity index (χ4n) is 2.32. The first kappa shape index (κ1) is 14.6. The van der Waals surface area contributed by atoms with Crippen LogP contribution in [0.5, 0.6) is 17.2 Å². The van der Waals surface area contributed by atoms with Crippen molar-refractivity contribution in [2.45, 2.75) is 0 Å². The Kier molecular flexibility index (Phi) is 3.50. The molecule has 2 N–H and O–H groups in total. The fourth-order valence-corrected chi connectivity index (χ4v) is 2.32. The lowest BCUT2D eigenvalue weighted by molar-refractivity contribution is 0.112. The molecule has 0 saturated carbocycles. The van der Waals surface area contributed by atoms with Gasteiger partial charge in [-0.25, -0.2) is 0 Å². The third-order valence-corrected chi connectivity index (χ3v) is 3.48. The number of benzene rings is 2. The summed E-state index contributed by atoms with van der Waals surface area (Å²) >= 11 is 0. The van der Waals surface area contributed by atoms with Crippen molar-refractivity contribution in [3.05, 3.63) is 52.2 Å². The quantitative estimate of drug-likeness (QED) is 0.722. The van der Waals surface area contributed by atoms with Gasteiger partial charge in [-0.05, 0) is 12.1 Å². The molecular weight excluding hydrogens is 300 g/mol. The van der Waals surface area contributed by atoms with Gasteiger partial charge in [0.2, 0.25) is 16.9 Å². The van der Waals surface area contributed by atoms with Crippen LogP contribution in [0.2, 0.25) is 0 Å². The van der Waals surface area contributed by atoms with Crippen molar-refractivity contribution in [1.82, 2.24) is 0 Å². The van der Waals surface area contributed by atoms with Crippen LogP contribution in [0.25, 0.3) is 22.3 Å². The topological polar surface area (TPSA) is 97.0 Å². The molecule has 0 fully saturated rings. The van der Waals surface area contributed by atoms with E-state index in [2.05, 4.69) is 0 Å². The van der Waals surface area contributed by atoms with E-state index in [-0.39, 0.29) is 28.2 Å². The monoisotopic (exact) mass is 312 g/mol. The summed E-state index contributed by atoms with van der Waals surface area (Å²) in [5.41, 5.74) is 0.257. The molecule has 23 heavy (non-hydrogen) atoms. The average Bonchev–Trinajstić information content (AvgIpc) is 2.58. The second-order valence-corrected chi connectivity index (χ2v) is 4.84. The number of carbonyl (C=O) groups excluding carboxylic acids is 1. The van der Waals surface area contributed by atoms with E-state index in [4.69, 9.17) is 9.15 Å². The highest BCUT2D eigenvalue weighted by Gasteiger charge is 2.19. The van der Waals surface area contributed by atoms with Crippen LogP contribution in [-0.2, 0) is 0 Å². The summed E-state index contributed by atoms with van der Waals surface area (Å²) in [5.74, 6) is -0.797. The molecular formula is C17H12O6. The molecule has 0 amide bonds. The zero-order valence-corrected chi connectivity index (χ0v) is 12.1. The Morgan fingerprint density at radius 3 is 2.39 bits per heavy atom. The van der Waals surface area contributed by atoms with Crippen molar-refractivity contribution in [2.75, 3.05) is 7.11 Å². The van der Waals surface area contributed by atoms with Crippen LogP contribution in [0.1, 0.15) is 10.4 Å². The van der Waals surface area contributed by atoms with Crippen molar-refractivity contribution in [1.29, 1.82) is 0 Å². The standard InChI is InChI=1S/C17H12O6/c1-22-17-12(19)7-6-11-13(20)14(21)15(23-16(11)17)10-4-2-9(8-18)3-5-10/h2-8,19,21H,1H3. The molecule has 0 aliphatic rings. The number of aldehydes is 1. The van der Waals surface area contributed by atoms with Crippen LogP contribution < -0.4 is 10.2 Å². The molecule has 0 spiro atoms. The van der Waals surface area contributed by atoms with E-state index >= 15 is 0 Å². The summed E-state index contributed by atoms with van der Waals surface area (Å²) in [6.07, 6.45) is 0.682. The minimum absolute atomic E-state index is 0.00496. The summed E-state index contributed by atoms with van der Waals surface area (Å²) in [6, 6.07) is 8.79. The van der Waals surface area contributed by atoms with Gasteiger partial charge < -0.3 is 19.4 Å². The van der Waals surface area contributed by atoms with Crippen LogP contribution in [0.4, 0.5) is 0 Å². The van der Waals surface area contributed by atoms with Crippen LogP contribution in [0, 0.1) is 0 Å². The number of phenols is 1. The molecule has 0 aliphatic carbocycles. The Bertz CT molecular complexity index is 953. The predicted molar refractivity (Wildman–Crippen MR) is 83.2 cm³/mol. The Morgan fingerprint density at radius 1 is 1.09 bits per heavy atom. The minimum Gasteiger partial charge on any atom is -0.504 e. The first-order valence-corrected chi connectivity index (χ1v) is 6.68. The lowest BCUT2D eigenvalue weighted by atomic mass is 10.1. The van der Waals surface area contributed by atoms with Gasteiger partial charge in [0.25, 0.3) is 0 Å². The maximum Gasteiger partial charge on any atom is 0.235 e. The molecule has 1 aromatic heterocycles. The Labute approximate surface area is 130 Å². The smallest absolute Gasteiger partial charge is 0.235 e. The van der Waals surface area contributed by atoms with Crippen LogP contribution >= 0.6 is 0 Å². The molecule has 0 unspecified atom stereocenters. The van der Waals surface area contributed by atoms with Crippen molar-refractivity contribution in [3.8, 4) is 28.6 Å². The van der Waals surface area contributed by atoms with E-state index in [9.17, 15) is 19.8 Å². The van der Waals surface area contributed by atoms with Crippen molar-refractivity contribution in [2.24, 2.45) is 0 Å². The number of fused-ring (bicyclic) bond motifs is 1. The first-order valence-electron chi connectivity index (χ1n) is 6.68. The average molecular weight is 312 g/mol. The number of rotatable bonds is 3. The summed E-state index contributed by atoms with van der Waals surface area (Å²) in [4.78, 5) is 23.0. The molecule has 0 saturated heterocycles. The van der Waals surface area contributed by atoms with E-state index in [0.29, 0.717) is 17.4 Å². The maximum atomic E-state index is 12.3. The number of ether oxygens (including phenoxy) is 1. The van der Waals surface area contributed by atoms with Gasteiger partial charge in [-0.3, -0.25) is 9.59 Å². The zero-order valence-electron chi connectivity index (χ0n) is 12.1. The third-order valence-electron chi connectivity index (χ3n) is 3.48. The highest BCUT2D eigenvalue weighted by Crippen LogP contribution is 2.38. The molecule has 3 rings (SSSR count). The number of aromatic hydroxyl groups is 2. The highest BCUT2D eigenvalue weighted by molar-refractivity contribution is 5.88. The van der Waals surface area contributed by atoms with Gasteiger partial charge in [-0.2, -0.15) is 0 Å². The second kappa shape index (κ2) is 5.49. The molecule has 0 atom stereocenters. The van der Waals surface area contributed by atoms with E-state index in [1.165, 1.54) is 31.4 Å². The first-order chi connectivity index (χ1) is 11.1. The molecule has 1 heterocycles. The van der Waals surface area contributed by atoms with Crippen molar-refractivity contribution >= 4 is 17.3 Å². The normalized spacial score (nSPS) is 10.7. The lowest BCUT2D eigenvalue weighted by Crippen LogP contribution is -2.03.